The van der Waals surface area contributed by atoms with E-state index in [0.717, 1.165) is 16.5 Å². The number of carbonyl (C=O) groups excluding carboxylic acids is 1. The molecule has 2 rings (SSSR count). The summed E-state index contributed by atoms with van der Waals surface area (Å²) in [7, 11) is 1.59. The number of rotatable bonds is 8. The van der Waals surface area contributed by atoms with Crippen molar-refractivity contribution in [2.75, 3.05) is 20.3 Å². The summed E-state index contributed by atoms with van der Waals surface area (Å²) in [6.45, 7) is 2.28. The molecule has 0 saturated carbocycles. The lowest BCUT2D eigenvalue weighted by atomic mass is 9.98. The van der Waals surface area contributed by atoms with Gasteiger partial charge in [0, 0.05) is 37.2 Å². The molecule has 0 aliphatic rings. The normalized spacial score (nSPS) is 14.0. The van der Waals surface area contributed by atoms with Crippen molar-refractivity contribution in [1.82, 2.24) is 10.3 Å². The van der Waals surface area contributed by atoms with Crippen molar-refractivity contribution in [3.63, 3.8) is 0 Å². The van der Waals surface area contributed by atoms with Crippen LogP contribution < -0.4 is 5.32 Å². The van der Waals surface area contributed by atoms with Gasteiger partial charge in [-0.1, -0.05) is 18.2 Å². The number of H-pyrrole nitrogens is 1. The number of amides is 1. The van der Waals surface area contributed by atoms with Crippen LogP contribution in [0, 0.1) is 0 Å². The van der Waals surface area contributed by atoms with E-state index in [9.17, 15) is 4.79 Å². The predicted octanol–water partition coefficient (Wildman–Crippen LogP) is 2.00. The smallest absolute Gasteiger partial charge is 0.220 e. The van der Waals surface area contributed by atoms with Gasteiger partial charge in [0.1, 0.15) is 0 Å². The van der Waals surface area contributed by atoms with Crippen LogP contribution in [0.2, 0.25) is 0 Å². The van der Waals surface area contributed by atoms with Gasteiger partial charge in [0.15, 0.2) is 0 Å². The fourth-order valence-corrected chi connectivity index (χ4v) is 2.72. The molecule has 0 radical (unpaired) electrons. The van der Waals surface area contributed by atoms with Crippen molar-refractivity contribution < 1.29 is 14.6 Å². The number of aliphatic hydroxyl groups is 1. The third kappa shape index (κ3) is 4.08. The molecule has 0 bridgehead atoms. The number of ether oxygens (including phenoxy) is 1. The van der Waals surface area contributed by atoms with E-state index in [1.165, 1.54) is 0 Å². The fraction of sp³-hybridized carbons (Fsp3) is 0.471. The summed E-state index contributed by atoms with van der Waals surface area (Å²) >= 11 is 0. The number of aromatic amines is 1. The number of aromatic nitrogens is 1. The highest BCUT2D eigenvalue weighted by Gasteiger charge is 2.25. The SMILES string of the molecule is COCC(C)(CCO)NC(=O)CCc1c[nH]c2ccccc12. The number of benzene rings is 1. The van der Waals surface area contributed by atoms with Crippen molar-refractivity contribution in [2.45, 2.75) is 31.7 Å². The number of carbonyl (C=O) groups is 1. The van der Waals surface area contributed by atoms with E-state index in [1.54, 1.807) is 7.11 Å². The molecule has 0 aliphatic heterocycles. The summed E-state index contributed by atoms with van der Waals surface area (Å²) in [5.74, 6) is -0.0294. The van der Waals surface area contributed by atoms with E-state index >= 15 is 0 Å². The van der Waals surface area contributed by atoms with E-state index in [1.807, 2.05) is 31.3 Å². The molecule has 0 saturated heterocycles. The van der Waals surface area contributed by atoms with Crippen LogP contribution in [-0.2, 0) is 16.0 Å². The highest BCUT2D eigenvalue weighted by Crippen LogP contribution is 2.19. The lowest BCUT2D eigenvalue weighted by Crippen LogP contribution is -2.50. The zero-order valence-electron chi connectivity index (χ0n) is 13.2. The van der Waals surface area contributed by atoms with Crippen LogP contribution in [-0.4, -0.2) is 41.9 Å². The molecule has 0 aliphatic carbocycles. The Morgan fingerprint density at radius 3 is 2.91 bits per heavy atom. The molecular formula is C17H24N2O3. The second-order valence-electron chi connectivity index (χ2n) is 5.87. The van der Waals surface area contributed by atoms with Crippen molar-refractivity contribution in [1.29, 1.82) is 0 Å². The monoisotopic (exact) mass is 304 g/mol. The summed E-state index contributed by atoms with van der Waals surface area (Å²) in [5.41, 5.74) is 1.70. The zero-order valence-corrected chi connectivity index (χ0v) is 13.2. The van der Waals surface area contributed by atoms with Crippen LogP contribution in [0.4, 0.5) is 0 Å². The van der Waals surface area contributed by atoms with Crippen LogP contribution in [0.15, 0.2) is 30.5 Å². The molecule has 2 aromatic rings. The van der Waals surface area contributed by atoms with Crippen LogP contribution >= 0.6 is 0 Å². The molecule has 1 aromatic carbocycles. The first-order chi connectivity index (χ1) is 10.6. The van der Waals surface area contributed by atoms with Gasteiger partial charge in [-0.25, -0.2) is 0 Å². The Hall–Kier alpha value is -1.85. The first-order valence-corrected chi connectivity index (χ1v) is 7.54. The van der Waals surface area contributed by atoms with Gasteiger partial charge in [0.2, 0.25) is 5.91 Å². The standard InChI is InChI=1S/C17H24N2O3/c1-17(9-10-20,12-22-2)19-16(21)8-7-13-11-18-15-6-4-3-5-14(13)15/h3-6,11,18,20H,7-10,12H2,1-2H3,(H,19,21). The number of methoxy groups -OCH3 is 1. The quantitative estimate of drug-likeness (QED) is 0.698. The van der Waals surface area contributed by atoms with E-state index < -0.39 is 5.54 Å². The summed E-state index contributed by atoms with van der Waals surface area (Å²) in [6, 6.07) is 8.06. The zero-order chi connectivity index (χ0) is 16.0. The van der Waals surface area contributed by atoms with E-state index in [-0.39, 0.29) is 12.5 Å². The molecular weight excluding hydrogens is 280 g/mol. The first kappa shape index (κ1) is 16.5. The third-order valence-corrected chi connectivity index (χ3v) is 3.86. The molecule has 1 heterocycles. The molecule has 0 fully saturated rings. The summed E-state index contributed by atoms with van der Waals surface area (Å²) in [4.78, 5) is 15.4. The van der Waals surface area contributed by atoms with E-state index in [0.29, 0.717) is 25.9 Å². The molecule has 3 N–H and O–H groups in total. The number of para-hydroxylation sites is 1. The largest absolute Gasteiger partial charge is 0.396 e. The number of hydrogen-bond acceptors (Lipinski definition) is 3. The van der Waals surface area contributed by atoms with Gasteiger partial charge in [-0.2, -0.15) is 0 Å². The molecule has 22 heavy (non-hydrogen) atoms. The van der Waals surface area contributed by atoms with Crippen LogP contribution in [0.5, 0.6) is 0 Å². The van der Waals surface area contributed by atoms with Gasteiger partial charge < -0.3 is 20.1 Å². The summed E-state index contributed by atoms with van der Waals surface area (Å²) in [5, 5.41) is 13.3. The van der Waals surface area contributed by atoms with Gasteiger partial charge in [0.25, 0.3) is 0 Å². The van der Waals surface area contributed by atoms with Crippen molar-refractivity contribution in [3.05, 3.63) is 36.0 Å². The topological polar surface area (TPSA) is 74.3 Å². The fourth-order valence-electron chi connectivity index (χ4n) is 2.72. The van der Waals surface area contributed by atoms with Gasteiger partial charge in [-0.05, 0) is 31.4 Å². The Kier molecular flexibility index (Phi) is 5.57. The minimum atomic E-state index is -0.527. The second kappa shape index (κ2) is 7.42. The minimum absolute atomic E-state index is 0.0165. The first-order valence-electron chi connectivity index (χ1n) is 7.54. The van der Waals surface area contributed by atoms with E-state index in [4.69, 9.17) is 9.84 Å². The average molecular weight is 304 g/mol. The average Bonchev–Trinajstić information content (AvgIpc) is 2.88. The maximum atomic E-state index is 12.2. The number of nitrogens with one attached hydrogen (secondary N) is 2. The molecule has 1 unspecified atom stereocenters. The van der Waals surface area contributed by atoms with Gasteiger partial charge in [-0.15, -0.1) is 0 Å². The van der Waals surface area contributed by atoms with Crippen LogP contribution in [0.3, 0.4) is 0 Å². The Balaban J connectivity index is 1.94. The number of aliphatic hydroxyl groups excluding tert-OH is 1. The van der Waals surface area contributed by atoms with Crippen molar-refractivity contribution >= 4 is 16.8 Å². The van der Waals surface area contributed by atoms with Crippen molar-refractivity contribution in [2.24, 2.45) is 0 Å². The Bertz CT molecular complexity index is 615. The maximum Gasteiger partial charge on any atom is 0.220 e. The van der Waals surface area contributed by atoms with Crippen molar-refractivity contribution in [3.8, 4) is 0 Å². The van der Waals surface area contributed by atoms with Gasteiger partial charge >= 0.3 is 0 Å². The lowest BCUT2D eigenvalue weighted by molar-refractivity contribution is -0.123. The summed E-state index contributed by atoms with van der Waals surface area (Å²) in [6.07, 6.45) is 3.52. The highest BCUT2D eigenvalue weighted by molar-refractivity contribution is 5.84. The molecule has 1 aromatic heterocycles. The maximum absolute atomic E-state index is 12.2. The molecule has 0 spiro atoms. The van der Waals surface area contributed by atoms with Crippen LogP contribution in [0.25, 0.3) is 10.9 Å². The second-order valence-corrected chi connectivity index (χ2v) is 5.87. The Morgan fingerprint density at radius 2 is 2.18 bits per heavy atom. The molecule has 1 amide bonds. The van der Waals surface area contributed by atoms with E-state index in [2.05, 4.69) is 16.4 Å². The van der Waals surface area contributed by atoms with Gasteiger partial charge in [-0.3, -0.25) is 4.79 Å². The Morgan fingerprint density at radius 1 is 1.41 bits per heavy atom. The number of fused-ring (bicyclic) bond motifs is 1. The molecule has 120 valence electrons. The highest BCUT2D eigenvalue weighted by atomic mass is 16.5. The molecule has 5 heteroatoms. The van der Waals surface area contributed by atoms with Crippen LogP contribution in [0.1, 0.15) is 25.3 Å². The Labute approximate surface area is 130 Å². The minimum Gasteiger partial charge on any atom is -0.396 e. The molecule has 5 nitrogen and oxygen atoms in total. The summed E-state index contributed by atoms with van der Waals surface area (Å²) < 4.78 is 5.14. The number of aryl methyl sites for hydroxylation is 1. The predicted molar refractivity (Wildman–Crippen MR) is 86.7 cm³/mol. The van der Waals surface area contributed by atoms with Gasteiger partial charge in [0.05, 0.1) is 12.1 Å². The lowest BCUT2D eigenvalue weighted by Gasteiger charge is -2.29. The molecule has 1 atom stereocenters. The third-order valence-electron chi connectivity index (χ3n) is 3.86. The number of hydrogen-bond donors (Lipinski definition) is 3.